The fourth-order valence-electron chi connectivity index (χ4n) is 0.0952. The monoisotopic (exact) mass is 129 g/mol. The van der Waals surface area contributed by atoms with Crippen molar-refractivity contribution < 1.29 is 17.6 Å². The Balaban J connectivity index is 3.65. The third-order valence-electron chi connectivity index (χ3n) is 0.470. The van der Waals surface area contributed by atoms with Crippen LogP contribution in [-0.2, 0) is 0 Å². The van der Waals surface area contributed by atoms with Gasteiger partial charge in [-0.2, -0.15) is 0 Å². The Hall–Kier alpha value is -0.610. The summed E-state index contributed by atoms with van der Waals surface area (Å²) in [5, 5.41) is 5.90. The van der Waals surface area contributed by atoms with Crippen LogP contribution in [0, 0.1) is 5.41 Å². The van der Waals surface area contributed by atoms with Gasteiger partial charge < -0.3 is 0 Å². The van der Waals surface area contributed by atoms with Gasteiger partial charge in [0.15, 0.2) is 0 Å². The van der Waals surface area contributed by atoms with Crippen LogP contribution in [0.3, 0.4) is 0 Å². The number of nitrogens with one attached hydrogen (secondary N) is 1. The van der Waals surface area contributed by atoms with Crippen LogP contribution in [0.4, 0.5) is 17.6 Å². The average Bonchev–Trinajstić information content (AvgIpc) is 1.64. The number of halogens is 4. The topological polar surface area (TPSA) is 23.9 Å². The molecule has 0 heterocycles. The van der Waals surface area contributed by atoms with Gasteiger partial charge in [0.25, 0.3) is 12.9 Å². The number of alkyl halides is 4. The zero-order valence-electron chi connectivity index (χ0n) is 3.67. The summed E-state index contributed by atoms with van der Waals surface area (Å²) in [7, 11) is 0. The summed E-state index contributed by atoms with van der Waals surface area (Å²) in [5.41, 5.74) is -1.81. The van der Waals surface area contributed by atoms with Crippen molar-refractivity contribution in [1.82, 2.24) is 0 Å². The zero-order valence-corrected chi connectivity index (χ0v) is 3.67. The molecule has 0 saturated heterocycles. The Kier molecular flexibility index (Phi) is 2.44. The molecule has 0 saturated carbocycles. The van der Waals surface area contributed by atoms with Gasteiger partial charge >= 0.3 is 0 Å². The first-order chi connectivity index (χ1) is 3.55. The first kappa shape index (κ1) is 7.39. The molecule has 5 heteroatoms. The highest BCUT2D eigenvalue weighted by Crippen LogP contribution is 2.03. The SMILES string of the molecule is N=C(C(F)F)C(F)F. The van der Waals surface area contributed by atoms with Gasteiger partial charge in [0.1, 0.15) is 5.71 Å². The molecule has 0 radical (unpaired) electrons. The molecule has 0 atom stereocenters. The quantitative estimate of drug-likeness (QED) is 0.432. The van der Waals surface area contributed by atoms with Crippen LogP contribution in [0.15, 0.2) is 0 Å². The van der Waals surface area contributed by atoms with Gasteiger partial charge in [0, 0.05) is 0 Å². The average molecular weight is 129 g/mol. The highest BCUT2D eigenvalue weighted by molar-refractivity contribution is 5.87. The summed E-state index contributed by atoms with van der Waals surface area (Å²) in [6.45, 7) is 0. The third kappa shape index (κ3) is 1.90. The van der Waals surface area contributed by atoms with Crippen LogP contribution >= 0.6 is 0 Å². The molecule has 0 aromatic rings. The number of rotatable bonds is 2. The van der Waals surface area contributed by atoms with E-state index >= 15 is 0 Å². The van der Waals surface area contributed by atoms with E-state index in [9.17, 15) is 17.6 Å². The highest BCUT2D eigenvalue weighted by Gasteiger charge is 2.20. The lowest BCUT2D eigenvalue weighted by atomic mass is 10.4. The number of hydrogen-bond acceptors (Lipinski definition) is 1. The van der Waals surface area contributed by atoms with Crippen molar-refractivity contribution in [3.8, 4) is 0 Å². The lowest BCUT2D eigenvalue weighted by molar-refractivity contribution is 0.167. The molecule has 0 bridgehead atoms. The lowest BCUT2D eigenvalue weighted by Crippen LogP contribution is -2.17. The summed E-state index contributed by atoms with van der Waals surface area (Å²) < 4.78 is 43.9. The standard InChI is InChI=1S/C3H3F4N/c4-2(5)1(8)3(6)7/h2-3,8H. The smallest absolute Gasteiger partial charge is 0.281 e. The van der Waals surface area contributed by atoms with Crippen molar-refractivity contribution in [3.05, 3.63) is 0 Å². The maximum absolute atomic E-state index is 11.0. The molecule has 0 fully saturated rings. The Labute approximate surface area is 42.8 Å². The summed E-state index contributed by atoms with van der Waals surface area (Å²) >= 11 is 0. The van der Waals surface area contributed by atoms with Crippen LogP contribution in [-0.4, -0.2) is 18.6 Å². The first-order valence-corrected chi connectivity index (χ1v) is 1.70. The van der Waals surface area contributed by atoms with Crippen molar-refractivity contribution in [3.63, 3.8) is 0 Å². The molecular formula is C3H3F4N. The Morgan fingerprint density at radius 3 is 1.25 bits per heavy atom. The molecule has 1 N–H and O–H groups in total. The molecule has 0 aliphatic rings. The highest BCUT2D eigenvalue weighted by atomic mass is 19.3. The summed E-state index contributed by atoms with van der Waals surface area (Å²) in [5.74, 6) is 0. The van der Waals surface area contributed by atoms with E-state index in [0.29, 0.717) is 0 Å². The van der Waals surface area contributed by atoms with Gasteiger partial charge in [0.2, 0.25) is 0 Å². The van der Waals surface area contributed by atoms with Gasteiger partial charge in [-0.1, -0.05) is 0 Å². The second-order valence-corrected chi connectivity index (χ2v) is 1.06. The van der Waals surface area contributed by atoms with Crippen LogP contribution in [0.1, 0.15) is 0 Å². The maximum atomic E-state index is 11.0. The van der Waals surface area contributed by atoms with Gasteiger partial charge in [-0.25, -0.2) is 17.6 Å². The van der Waals surface area contributed by atoms with Gasteiger partial charge in [-0.3, -0.25) is 5.41 Å². The molecule has 48 valence electrons. The summed E-state index contributed by atoms with van der Waals surface area (Å²) in [4.78, 5) is 0. The molecule has 0 amide bonds. The van der Waals surface area contributed by atoms with Gasteiger partial charge in [-0.05, 0) is 0 Å². The molecule has 0 aliphatic heterocycles. The largest absolute Gasteiger partial charge is 0.298 e. The minimum Gasteiger partial charge on any atom is -0.298 e. The van der Waals surface area contributed by atoms with E-state index in [4.69, 9.17) is 5.41 Å². The van der Waals surface area contributed by atoms with Crippen LogP contribution < -0.4 is 0 Å². The Bertz CT molecular complexity index is 79.3. The number of hydrogen-bond donors (Lipinski definition) is 1. The van der Waals surface area contributed by atoms with E-state index in [0.717, 1.165) is 0 Å². The van der Waals surface area contributed by atoms with E-state index in [1.54, 1.807) is 0 Å². The fourth-order valence-corrected chi connectivity index (χ4v) is 0.0952. The second kappa shape index (κ2) is 2.64. The second-order valence-electron chi connectivity index (χ2n) is 1.06. The molecule has 0 rings (SSSR count). The third-order valence-corrected chi connectivity index (χ3v) is 0.470. The minimum atomic E-state index is -3.32. The molecular weight excluding hydrogens is 126 g/mol. The predicted octanol–water partition coefficient (Wildman–Crippen LogP) is 1.54. The Morgan fingerprint density at radius 2 is 1.25 bits per heavy atom. The van der Waals surface area contributed by atoms with Crippen molar-refractivity contribution in [1.29, 1.82) is 5.41 Å². The summed E-state index contributed by atoms with van der Waals surface area (Å²) in [6, 6.07) is 0. The van der Waals surface area contributed by atoms with E-state index in [1.165, 1.54) is 0 Å². The van der Waals surface area contributed by atoms with Gasteiger partial charge in [-0.15, -0.1) is 0 Å². The van der Waals surface area contributed by atoms with Crippen molar-refractivity contribution in [2.24, 2.45) is 0 Å². The minimum absolute atomic E-state index is 1.81. The van der Waals surface area contributed by atoms with E-state index in [1.807, 2.05) is 0 Å². The van der Waals surface area contributed by atoms with Crippen molar-refractivity contribution >= 4 is 5.71 Å². The zero-order chi connectivity index (χ0) is 6.73. The molecule has 1 nitrogen and oxygen atoms in total. The molecule has 0 unspecified atom stereocenters. The maximum Gasteiger partial charge on any atom is 0.281 e. The first-order valence-electron chi connectivity index (χ1n) is 1.70. The Morgan fingerprint density at radius 1 is 1.00 bits per heavy atom. The summed E-state index contributed by atoms with van der Waals surface area (Å²) in [6.07, 6.45) is -6.65. The van der Waals surface area contributed by atoms with Crippen molar-refractivity contribution in [2.75, 3.05) is 0 Å². The van der Waals surface area contributed by atoms with Crippen LogP contribution in [0.25, 0.3) is 0 Å². The molecule has 0 aromatic heterocycles. The van der Waals surface area contributed by atoms with E-state index < -0.39 is 18.6 Å². The van der Waals surface area contributed by atoms with Gasteiger partial charge in [0.05, 0.1) is 0 Å². The molecule has 0 aromatic carbocycles. The van der Waals surface area contributed by atoms with Crippen molar-refractivity contribution in [2.45, 2.75) is 12.9 Å². The predicted molar refractivity (Wildman–Crippen MR) is 19.7 cm³/mol. The molecule has 0 aliphatic carbocycles. The molecule has 0 spiro atoms. The van der Waals surface area contributed by atoms with Crippen LogP contribution in [0.2, 0.25) is 0 Å². The van der Waals surface area contributed by atoms with E-state index in [2.05, 4.69) is 0 Å². The van der Waals surface area contributed by atoms with E-state index in [-0.39, 0.29) is 0 Å². The molecule has 8 heavy (non-hydrogen) atoms. The van der Waals surface area contributed by atoms with Crippen LogP contribution in [0.5, 0.6) is 0 Å². The fraction of sp³-hybridized carbons (Fsp3) is 0.667. The lowest BCUT2D eigenvalue weighted by Gasteiger charge is -1.96. The normalized spacial score (nSPS) is 10.8.